The van der Waals surface area contributed by atoms with Gasteiger partial charge in [-0.05, 0) is 61.8 Å². The number of hydrogen-bond donors (Lipinski definition) is 1. The highest BCUT2D eigenvalue weighted by Gasteiger charge is 2.35. The number of aryl methyl sites for hydroxylation is 2. The highest BCUT2D eigenvalue weighted by atomic mass is 16.2. The lowest BCUT2D eigenvalue weighted by Gasteiger charge is -2.18. The van der Waals surface area contributed by atoms with Crippen LogP contribution in [0.25, 0.3) is 0 Å². The van der Waals surface area contributed by atoms with E-state index in [1.165, 1.54) is 23.9 Å². The molecule has 1 fully saturated rings. The van der Waals surface area contributed by atoms with Gasteiger partial charge in [0.05, 0.1) is 5.69 Å². The van der Waals surface area contributed by atoms with Gasteiger partial charge in [-0.3, -0.25) is 9.59 Å². The molecule has 5 heteroatoms. The maximum atomic E-state index is 12.2. The number of carbonyl (C=O) groups is 1. The first kappa shape index (κ1) is 15.6. The molecule has 1 heterocycles. The van der Waals surface area contributed by atoms with Crippen LogP contribution < -0.4 is 10.9 Å². The molecule has 1 amide bonds. The molecule has 4 rings (SSSR count). The molecule has 3 aliphatic carbocycles. The molecule has 1 aromatic heterocycles. The molecule has 3 unspecified atom stereocenters. The Morgan fingerprint density at radius 2 is 2.08 bits per heavy atom. The van der Waals surface area contributed by atoms with Gasteiger partial charge in [0.25, 0.3) is 5.56 Å². The Morgan fingerprint density at radius 3 is 2.88 bits per heavy atom. The second-order valence-corrected chi connectivity index (χ2v) is 7.52. The average molecular weight is 327 g/mol. The van der Waals surface area contributed by atoms with Crippen molar-refractivity contribution in [2.45, 2.75) is 51.5 Å². The molecule has 3 aliphatic rings. The molecule has 0 aromatic carbocycles. The Hall–Kier alpha value is -1.91. The minimum absolute atomic E-state index is 0.0305. The van der Waals surface area contributed by atoms with Gasteiger partial charge >= 0.3 is 0 Å². The molecule has 1 saturated carbocycles. The highest BCUT2D eigenvalue weighted by molar-refractivity contribution is 5.75. The van der Waals surface area contributed by atoms with Crippen molar-refractivity contribution < 1.29 is 4.79 Å². The Bertz CT molecular complexity index is 722. The SMILES string of the molecule is O=C(Cn1nc2c(cc1=O)CCCCC2)NCC1CC2C=CC1C2. The highest BCUT2D eigenvalue weighted by Crippen LogP contribution is 2.42. The lowest BCUT2D eigenvalue weighted by atomic mass is 9.94. The van der Waals surface area contributed by atoms with E-state index in [0.717, 1.165) is 36.9 Å². The van der Waals surface area contributed by atoms with Crippen molar-refractivity contribution in [1.29, 1.82) is 0 Å². The first-order chi connectivity index (χ1) is 11.7. The maximum Gasteiger partial charge on any atom is 0.267 e. The Morgan fingerprint density at radius 1 is 1.21 bits per heavy atom. The summed E-state index contributed by atoms with van der Waals surface area (Å²) in [4.78, 5) is 24.4. The van der Waals surface area contributed by atoms with Crippen LogP contribution in [0.15, 0.2) is 23.0 Å². The first-order valence-corrected chi connectivity index (χ1v) is 9.24. The normalized spacial score (nSPS) is 27.8. The van der Waals surface area contributed by atoms with Crippen molar-refractivity contribution in [2.75, 3.05) is 6.54 Å². The number of carbonyl (C=O) groups excluding carboxylic acids is 1. The van der Waals surface area contributed by atoms with Crippen LogP contribution in [-0.2, 0) is 24.2 Å². The fraction of sp³-hybridized carbons (Fsp3) is 0.632. The minimum Gasteiger partial charge on any atom is -0.354 e. The van der Waals surface area contributed by atoms with Crippen LogP contribution in [-0.4, -0.2) is 22.2 Å². The minimum atomic E-state index is -0.159. The maximum absolute atomic E-state index is 12.2. The summed E-state index contributed by atoms with van der Waals surface area (Å²) in [7, 11) is 0. The van der Waals surface area contributed by atoms with Crippen molar-refractivity contribution in [3.05, 3.63) is 39.8 Å². The number of allylic oxidation sites excluding steroid dienone is 2. The molecule has 0 saturated heterocycles. The van der Waals surface area contributed by atoms with E-state index < -0.39 is 0 Å². The summed E-state index contributed by atoms with van der Waals surface area (Å²) in [5.41, 5.74) is 1.91. The Balaban J connectivity index is 1.38. The molecule has 0 spiro atoms. The molecule has 0 radical (unpaired) electrons. The molecule has 3 atom stereocenters. The van der Waals surface area contributed by atoms with Crippen LogP contribution in [0.3, 0.4) is 0 Å². The summed E-state index contributed by atoms with van der Waals surface area (Å²) < 4.78 is 1.33. The second-order valence-electron chi connectivity index (χ2n) is 7.52. The van der Waals surface area contributed by atoms with E-state index >= 15 is 0 Å². The monoisotopic (exact) mass is 327 g/mol. The van der Waals surface area contributed by atoms with Crippen molar-refractivity contribution >= 4 is 5.91 Å². The van der Waals surface area contributed by atoms with Crippen LogP contribution in [0.4, 0.5) is 0 Å². The number of aromatic nitrogens is 2. The molecule has 5 nitrogen and oxygen atoms in total. The molecule has 0 aliphatic heterocycles. The zero-order valence-corrected chi connectivity index (χ0v) is 14.0. The largest absolute Gasteiger partial charge is 0.354 e. The summed E-state index contributed by atoms with van der Waals surface area (Å²) >= 11 is 0. The molecule has 1 aromatic rings. The lowest BCUT2D eigenvalue weighted by Crippen LogP contribution is -2.37. The molecule has 128 valence electrons. The van der Waals surface area contributed by atoms with E-state index in [0.29, 0.717) is 24.3 Å². The quantitative estimate of drug-likeness (QED) is 0.678. The summed E-state index contributed by atoms with van der Waals surface area (Å²) in [6, 6.07) is 1.68. The smallest absolute Gasteiger partial charge is 0.267 e. The van der Waals surface area contributed by atoms with Crippen LogP contribution in [0, 0.1) is 17.8 Å². The van der Waals surface area contributed by atoms with Crippen LogP contribution in [0.5, 0.6) is 0 Å². The summed E-state index contributed by atoms with van der Waals surface area (Å²) in [5.74, 6) is 1.79. The second kappa shape index (κ2) is 6.54. The van der Waals surface area contributed by atoms with Crippen LogP contribution in [0.2, 0.25) is 0 Å². The predicted molar refractivity (Wildman–Crippen MR) is 91.6 cm³/mol. The summed E-state index contributed by atoms with van der Waals surface area (Å²) in [6.45, 7) is 0.743. The van der Waals surface area contributed by atoms with Gasteiger partial charge in [-0.1, -0.05) is 18.6 Å². The fourth-order valence-electron chi connectivity index (χ4n) is 4.46. The first-order valence-electron chi connectivity index (χ1n) is 9.24. The van der Waals surface area contributed by atoms with Crippen molar-refractivity contribution in [3.63, 3.8) is 0 Å². The molecule has 24 heavy (non-hydrogen) atoms. The van der Waals surface area contributed by atoms with E-state index in [2.05, 4.69) is 22.6 Å². The number of nitrogens with one attached hydrogen (secondary N) is 1. The van der Waals surface area contributed by atoms with Gasteiger partial charge in [0, 0.05) is 12.6 Å². The number of hydrogen-bond acceptors (Lipinski definition) is 3. The van der Waals surface area contributed by atoms with Gasteiger partial charge < -0.3 is 5.32 Å². The number of amides is 1. The molecule has 2 bridgehead atoms. The topological polar surface area (TPSA) is 64.0 Å². The van der Waals surface area contributed by atoms with Crippen molar-refractivity contribution in [3.8, 4) is 0 Å². The van der Waals surface area contributed by atoms with Gasteiger partial charge in [0.1, 0.15) is 6.54 Å². The zero-order chi connectivity index (χ0) is 16.5. The van der Waals surface area contributed by atoms with Crippen LogP contribution >= 0.6 is 0 Å². The number of fused-ring (bicyclic) bond motifs is 3. The lowest BCUT2D eigenvalue weighted by molar-refractivity contribution is -0.122. The average Bonchev–Trinajstić information content (AvgIpc) is 3.12. The third-order valence-corrected chi connectivity index (χ3v) is 5.80. The Labute approximate surface area is 142 Å². The Kier molecular flexibility index (Phi) is 4.25. The van der Waals surface area contributed by atoms with Gasteiger partial charge in [-0.25, -0.2) is 4.68 Å². The summed E-state index contributed by atoms with van der Waals surface area (Å²) in [5, 5.41) is 7.47. The van der Waals surface area contributed by atoms with Gasteiger partial charge in [0.15, 0.2) is 0 Å². The van der Waals surface area contributed by atoms with Crippen molar-refractivity contribution in [1.82, 2.24) is 15.1 Å². The van der Waals surface area contributed by atoms with E-state index in [-0.39, 0.29) is 18.0 Å². The zero-order valence-electron chi connectivity index (χ0n) is 14.0. The van der Waals surface area contributed by atoms with E-state index in [1.807, 2.05) is 0 Å². The van der Waals surface area contributed by atoms with E-state index in [9.17, 15) is 9.59 Å². The van der Waals surface area contributed by atoms with Gasteiger partial charge in [-0.2, -0.15) is 5.10 Å². The van der Waals surface area contributed by atoms with Crippen molar-refractivity contribution in [2.24, 2.45) is 17.8 Å². The van der Waals surface area contributed by atoms with E-state index in [4.69, 9.17) is 0 Å². The number of nitrogens with zero attached hydrogens (tertiary/aromatic N) is 2. The third kappa shape index (κ3) is 3.17. The molecule has 1 N–H and O–H groups in total. The van der Waals surface area contributed by atoms with Gasteiger partial charge in [0.2, 0.25) is 5.91 Å². The fourth-order valence-corrected chi connectivity index (χ4v) is 4.46. The van der Waals surface area contributed by atoms with Crippen LogP contribution in [0.1, 0.15) is 43.4 Å². The predicted octanol–water partition coefficient (Wildman–Crippen LogP) is 1.84. The molecular weight excluding hydrogens is 302 g/mol. The summed E-state index contributed by atoms with van der Waals surface area (Å²) in [6.07, 6.45) is 12.3. The third-order valence-electron chi connectivity index (χ3n) is 5.80. The molecular formula is C19H25N3O2. The van der Waals surface area contributed by atoms with E-state index in [1.54, 1.807) is 6.07 Å². The van der Waals surface area contributed by atoms with Gasteiger partial charge in [-0.15, -0.1) is 0 Å². The number of rotatable bonds is 4. The standard InChI is InChI=1S/C19H25N3O2/c23-18(20-11-16-9-13-6-7-14(16)8-13)12-22-19(24)10-15-4-2-1-3-5-17(15)21-22/h6-7,10,13-14,16H,1-5,8-9,11-12H2,(H,20,23).